The van der Waals surface area contributed by atoms with Crippen molar-refractivity contribution < 1.29 is 24.7 Å². The van der Waals surface area contributed by atoms with E-state index in [0.717, 1.165) is 11.3 Å². The van der Waals surface area contributed by atoms with E-state index in [1.165, 1.54) is 22.0 Å². The van der Waals surface area contributed by atoms with Crippen LogP contribution < -0.4 is 11.1 Å². The fourth-order valence-corrected chi connectivity index (χ4v) is 5.50. The highest BCUT2D eigenvalue weighted by Crippen LogP contribution is 2.40. The Hall–Kier alpha value is -1.87. The molecule has 0 aromatic carbocycles. The van der Waals surface area contributed by atoms with E-state index in [0.29, 0.717) is 15.8 Å². The molecule has 3 rings (SSSR count). The van der Waals surface area contributed by atoms with Gasteiger partial charge in [0.05, 0.1) is 0 Å². The molecule has 26 heavy (non-hydrogen) atoms. The third kappa shape index (κ3) is 3.14. The summed E-state index contributed by atoms with van der Waals surface area (Å²) in [6.45, 7) is 0. The van der Waals surface area contributed by atoms with E-state index < -0.39 is 29.2 Å². The van der Waals surface area contributed by atoms with Crippen molar-refractivity contribution in [1.82, 2.24) is 15.2 Å². The first-order valence-electron chi connectivity index (χ1n) is 7.09. The number of rotatable bonds is 5. The number of fused-ring (bicyclic) bond motifs is 1. The van der Waals surface area contributed by atoms with Gasteiger partial charge in [-0.1, -0.05) is 27.7 Å². The van der Waals surface area contributed by atoms with E-state index in [4.69, 9.17) is 10.9 Å². The number of carbonyl (C=O) groups excluding carboxylic acids is 2. The Balaban J connectivity index is 1.77. The van der Waals surface area contributed by atoms with Gasteiger partial charge in [-0.05, 0) is 5.57 Å². The lowest BCUT2D eigenvalue weighted by molar-refractivity contribution is -0.150. The van der Waals surface area contributed by atoms with E-state index in [1.54, 1.807) is 0 Å². The maximum Gasteiger partial charge on any atom is 0.352 e. The van der Waals surface area contributed by atoms with Crippen molar-refractivity contribution in [3.63, 3.8) is 0 Å². The van der Waals surface area contributed by atoms with Crippen molar-refractivity contribution in [3.8, 4) is 0 Å². The molecule has 1 aromatic rings. The minimum absolute atomic E-state index is 0.0260. The number of alkyl halides is 1. The number of nitrogens with two attached hydrogens (primary N) is 1. The molecule has 2 aliphatic heterocycles. The van der Waals surface area contributed by atoms with Gasteiger partial charge < -0.3 is 21.4 Å². The number of hydrogen-bond donors (Lipinski definition) is 4. The van der Waals surface area contributed by atoms with E-state index in [1.807, 2.05) is 22.6 Å². The average Bonchev–Trinajstić information content (AvgIpc) is 3.04. The number of nitrogen functional groups attached to an aromatic ring is 1. The number of aromatic nitrogens is 1. The van der Waals surface area contributed by atoms with Gasteiger partial charge in [-0.25, -0.2) is 9.78 Å². The van der Waals surface area contributed by atoms with Crippen molar-refractivity contribution in [2.75, 3.05) is 15.9 Å². The Kier molecular flexibility index (Phi) is 5.38. The second kappa shape index (κ2) is 7.40. The molecule has 2 atom stereocenters. The normalized spacial score (nSPS) is 22.7. The molecule has 2 unspecified atom stereocenters. The molecule has 13 heteroatoms. The molecule has 1 aromatic heterocycles. The summed E-state index contributed by atoms with van der Waals surface area (Å²) in [6, 6.07) is -0.912. The first-order valence-corrected chi connectivity index (χ1v) is 10.5. The number of amides is 2. The fraction of sp³-hybridized carbons (Fsp3) is 0.308. The molecule has 2 amide bonds. The largest absolute Gasteiger partial charge is 0.477 e. The monoisotopic (exact) mass is 509 g/mol. The molecule has 3 heterocycles. The van der Waals surface area contributed by atoms with Crippen molar-refractivity contribution >= 4 is 74.3 Å². The number of β-lactam (4-membered cyclic amide) rings is 1. The second-order valence-corrected chi connectivity index (χ2v) is 8.03. The summed E-state index contributed by atoms with van der Waals surface area (Å²) >= 11 is 4.49. The van der Waals surface area contributed by atoms with Crippen LogP contribution in [0.5, 0.6) is 0 Å². The molecule has 138 valence electrons. The first kappa shape index (κ1) is 18.9. The molecular formula is C13H12IN5O5S2. The topological polar surface area (TPSA) is 158 Å². The lowest BCUT2D eigenvalue weighted by Crippen LogP contribution is -2.71. The molecule has 1 fully saturated rings. The zero-order chi connectivity index (χ0) is 19.0. The fourth-order valence-electron chi connectivity index (χ4n) is 2.61. The number of carboxylic acids is 1. The summed E-state index contributed by atoms with van der Waals surface area (Å²) in [7, 11) is 0. The van der Waals surface area contributed by atoms with Crippen molar-refractivity contribution in [1.29, 1.82) is 0 Å². The van der Waals surface area contributed by atoms with E-state index in [2.05, 4.69) is 15.5 Å². The Morgan fingerprint density at radius 1 is 1.54 bits per heavy atom. The minimum Gasteiger partial charge on any atom is -0.477 e. The number of thioether (sulfide) groups is 1. The van der Waals surface area contributed by atoms with E-state index in [-0.39, 0.29) is 22.2 Å². The molecule has 5 N–H and O–H groups in total. The molecule has 0 aliphatic carbocycles. The minimum atomic E-state index is -1.17. The summed E-state index contributed by atoms with van der Waals surface area (Å²) < 4.78 is 0.493. The molecule has 0 saturated carbocycles. The van der Waals surface area contributed by atoms with E-state index >= 15 is 0 Å². The van der Waals surface area contributed by atoms with E-state index in [9.17, 15) is 19.5 Å². The first-order chi connectivity index (χ1) is 12.4. The number of hydrogen-bond acceptors (Lipinski definition) is 9. The SMILES string of the molecule is Nc1nc(/C(=N\O)C(=O)NC2C(=O)N3C(C(=O)O)=C(CI)CSC23)cs1. The Labute approximate surface area is 168 Å². The number of nitrogens with zero attached hydrogens (tertiary/aromatic N) is 3. The van der Waals surface area contributed by atoms with Crippen LogP contribution in [0, 0.1) is 0 Å². The summed E-state index contributed by atoms with van der Waals surface area (Å²) in [4.78, 5) is 41.3. The lowest BCUT2D eigenvalue weighted by atomic mass is 10.0. The van der Waals surface area contributed by atoms with Gasteiger partial charge in [0.25, 0.3) is 11.8 Å². The van der Waals surface area contributed by atoms with Gasteiger partial charge in [0, 0.05) is 15.6 Å². The van der Waals surface area contributed by atoms with Crippen LogP contribution in [0.4, 0.5) is 5.13 Å². The average molecular weight is 509 g/mol. The third-order valence-corrected chi connectivity index (χ3v) is 6.71. The number of aliphatic carboxylic acids is 1. The van der Waals surface area contributed by atoms with Crippen molar-refractivity contribution in [2.45, 2.75) is 11.4 Å². The summed E-state index contributed by atoms with van der Waals surface area (Å²) in [6.07, 6.45) is 0. The number of carboxylic acid groups (broad SMARTS) is 1. The summed E-state index contributed by atoms with van der Waals surface area (Å²) in [5, 5.41) is 25.1. The predicted molar refractivity (Wildman–Crippen MR) is 103 cm³/mol. The molecule has 0 radical (unpaired) electrons. The van der Waals surface area contributed by atoms with Crippen LogP contribution >= 0.6 is 45.7 Å². The summed E-state index contributed by atoms with van der Waals surface area (Å²) in [5.74, 6) is -2.03. The van der Waals surface area contributed by atoms with Gasteiger partial charge in [-0.15, -0.1) is 23.1 Å². The van der Waals surface area contributed by atoms with Crippen LogP contribution in [-0.2, 0) is 14.4 Å². The number of carbonyl (C=O) groups is 3. The zero-order valence-electron chi connectivity index (χ0n) is 12.9. The Bertz CT molecular complexity index is 854. The van der Waals surface area contributed by atoms with Crippen LogP contribution in [0.2, 0.25) is 0 Å². The lowest BCUT2D eigenvalue weighted by Gasteiger charge is -2.49. The molecule has 0 spiro atoms. The number of oxime groups is 1. The van der Waals surface area contributed by atoms with Crippen LogP contribution in [0.1, 0.15) is 5.69 Å². The highest BCUT2D eigenvalue weighted by atomic mass is 127. The standard InChI is InChI=1S/C13H12IN5O5S2/c14-1-4-2-25-11-7(10(21)19(11)8(4)12(22)23)17-9(20)6(18-24)5-3-26-13(15)16-5/h3,7,11,24H,1-2H2,(H2,15,16)(H,17,20)(H,22,23)/b18-6+. The zero-order valence-corrected chi connectivity index (χ0v) is 16.7. The van der Waals surface area contributed by atoms with Crippen molar-refractivity contribution in [2.24, 2.45) is 5.16 Å². The van der Waals surface area contributed by atoms with Gasteiger partial charge in [0.2, 0.25) is 0 Å². The molecule has 2 aliphatic rings. The van der Waals surface area contributed by atoms with Gasteiger partial charge in [-0.2, -0.15) is 0 Å². The second-order valence-electron chi connectivity index (χ2n) is 5.27. The van der Waals surface area contributed by atoms with Crippen LogP contribution in [0.25, 0.3) is 0 Å². The van der Waals surface area contributed by atoms with Gasteiger partial charge in [-0.3, -0.25) is 14.5 Å². The molecule has 0 bridgehead atoms. The van der Waals surface area contributed by atoms with Gasteiger partial charge >= 0.3 is 5.97 Å². The van der Waals surface area contributed by atoms with Crippen LogP contribution in [-0.4, -0.2) is 65.3 Å². The Morgan fingerprint density at radius 3 is 2.81 bits per heavy atom. The number of halogens is 1. The summed E-state index contributed by atoms with van der Waals surface area (Å²) in [5.41, 5.74) is 5.86. The maximum absolute atomic E-state index is 12.4. The van der Waals surface area contributed by atoms with Gasteiger partial charge in [0.15, 0.2) is 10.8 Å². The quantitative estimate of drug-likeness (QED) is 0.109. The maximum atomic E-state index is 12.4. The molecule has 1 saturated heterocycles. The third-order valence-electron chi connectivity index (χ3n) is 3.78. The Morgan fingerprint density at radius 2 is 2.27 bits per heavy atom. The number of anilines is 1. The van der Waals surface area contributed by atoms with Gasteiger partial charge in [0.1, 0.15) is 22.8 Å². The highest BCUT2D eigenvalue weighted by molar-refractivity contribution is 14.1. The highest BCUT2D eigenvalue weighted by Gasteiger charge is 2.54. The molecular weight excluding hydrogens is 497 g/mol. The molecule has 10 nitrogen and oxygen atoms in total. The number of thiazole rings is 1. The predicted octanol–water partition coefficient (Wildman–Crippen LogP) is 0.0772. The van der Waals surface area contributed by atoms with Crippen molar-refractivity contribution in [3.05, 3.63) is 22.3 Å². The number of nitrogens with one attached hydrogen (secondary N) is 1. The smallest absolute Gasteiger partial charge is 0.352 e. The van der Waals surface area contributed by atoms with Crippen LogP contribution in [0.3, 0.4) is 0 Å². The van der Waals surface area contributed by atoms with Crippen LogP contribution in [0.15, 0.2) is 21.8 Å².